The SMILES string of the molecule is CN1c2c(nc(N)[nH]c2=O)NC[C@H]1CNc1ccc(C(=O)N[C@@H](CCC(=O)O)C(=O)O)cc1.[Ca+2]. The van der Waals surface area contributed by atoms with E-state index >= 15 is 0 Å². The molecule has 0 fully saturated rings. The van der Waals surface area contributed by atoms with Gasteiger partial charge in [-0.15, -0.1) is 0 Å². The molecule has 2 heterocycles. The molecule has 1 aromatic heterocycles. The summed E-state index contributed by atoms with van der Waals surface area (Å²) in [6, 6.07) is 5.03. The molecule has 3 rings (SSSR count). The van der Waals surface area contributed by atoms with Gasteiger partial charge in [0.15, 0.2) is 5.82 Å². The molecule has 8 N–H and O–H groups in total. The number of carboxylic acid groups (broad SMARTS) is 2. The van der Waals surface area contributed by atoms with E-state index in [1.54, 1.807) is 19.2 Å². The summed E-state index contributed by atoms with van der Waals surface area (Å²) in [5.74, 6) is -2.59. The third kappa shape index (κ3) is 6.74. The third-order valence-corrected chi connectivity index (χ3v) is 5.26. The van der Waals surface area contributed by atoms with E-state index in [1.165, 1.54) is 12.1 Å². The number of aromatic nitrogens is 2. The maximum Gasteiger partial charge on any atom is 2.00 e. The van der Waals surface area contributed by atoms with Crippen molar-refractivity contribution < 1.29 is 24.6 Å². The van der Waals surface area contributed by atoms with Crippen molar-refractivity contribution in [3.05, 3.63) is 40.2 Å². The monoisotopic (exact) mass is 499 g/mol. The molecule has 1 aliphatic rings. The Morgan fingerprint density at radius 3 is 2.56 bits per heavy atom. The van der Waals surface area contributed by atoms with Gasteiger partial charge in [-0.2, -0.15) is 4.98 Å². The smallest absolute Gasteiger partial charge is 0.481 e. The molecule has 2 atom stereocenters. The number of carbonyl (C=O) groups is 3. The van der Waals surface area contributed by atoms with Gasteiger partial charge >= 0.3 is 49.7 Å². The van der Waals surface area contributed by atoms with Crippen LogP contribution >= 0.6 is 0 Å². The topological polar surface area (TPSA) is 203 Å². The van der Waals surface area contributed by atoms with Crippen LogP contribution in [0.3, 0.4) is 0 Å². The van der Waals surface area contributed by atoms with E-state index in [0.717, 1.165) is 5.69 Å². The molecule has 34 heavy (non-hydrogen) atoms. The number of hydrogen-bond donors (Lipinski definition) is 7. The summed E-state index contributed by atoms with van der Waals surface area (Å²) < 4.78 is 0. The molecule has 0 unspecified atom stereocenters. The number of nitrogens with one attached hydrogen (secondary N) is 4. The van der Waals surface area contributed by atoms with Crippen molar-refractivity contribution in [2.24, 2.45) is 0 Å². The molecule has 1 aromatic carbocycles. The van der Waals surface area contributed by atoms with Crippen LogP contribution in [-0.4, -0.2) is 108 Å². The van der Waals surface area contributed by atoms with Crippen LogP contribution in [0.1, 0.15) is 23.2 Å². The fourth-order valence-electron chi connectivity index (χ4n) is 3.42. The number of benzene rings is 1. The van der Waals surface area contributed by atoms with Gasteiger partial charge < -0.3 is 36.8 Å². The van der Waals surface area contributed by atoms with Crippen LogP contribution < -0.4 is 32.1 Å². The zero-order chi connectivity index (χ0) is 24.1. The standard InChI is InChI=1S/C20H25N7O6.Ca/c1-27-12(9-23-16-15(27)18(31)26-20(21)25-16)8-22-11-4-2-10(3-5-11)17(30)24-13(19(32)33)6-7-14(28)29;/h2-5,12-13,22H,6-9H2,1H3,(H,24,30)(H,28,29)(H,32,33)(H4,21,23,25,26,31);/q;+2/t12-,13+;/m1./s1. The number of amides is 1. The molecule has 176 valence electrons. The molecule has 0 radical (unpaired) electrons. The molecule has 0 spiro atoms. The minimum atomic E-state index is -1.30. The molecule has 0 saturated carbocycles. The number of H-pyrrole nitrogens is 1. The van der Waals surface area contributed by atoms with Crippen LogP contribution in [-0.2, 0) is 9.59 Å². The van der Waals surface area contributed by atoms with E-state index in [9.17, 15) is 24.3 Å². The Labute approximate surface area is 224 Å². The fraction of sp³-hybridized carbons (Fsp3) is 0.350. The molecule has 1 aliphatic heterocycles. The zero-order valence-electron chi connectivity index (χ0n) is 18.5. The van der Waals surface area contributed by atoms with Crippen LogP contribution in [0.4, 0.5) is 23.1 Å². The Balaban J connectivity index is 0.00000408. The van der Waals surface area contributed by atoms with Crippen LogP contribution in [0.25, 0.3) is 0 Å². The van der Waals surface area contributed by atoms with E-state index in [1.807, 2.05) is 4.90 Å². The first kappa shape index (κ1) is 27.2. The Bertz CT molecular complexity index is 1110. The number of aromatic amines is 1. The number of hydrogen-bond acceptors (Lipinski definition) is 9. The van der Waals surface area contributed by atoms with Crippen molar-refractivity contribution in [2.75, 3.05) is 41.4 Å². The second kappa shape index (κ2) is 11.9. The van der Waals surface area contributed by atoms with E-state index < -0.39 is 23.9 Å². The Morgan fingerprint density at radius 1 is 1.26 bits per heavy atom. The van der Waals surface area contributed by atoms with Crippen LogP contribution in [0.15, 0.2) is 29.1 Å². The van der Waals surface area contributed by atoms with Gasteiger partial charge in [-0.1, -0.05) is 0 Å². The predicted molar refractivity (Wildman–Crippen MR) is 126 cm³/mol. The van der Waals surface area contributed by atoms with Gasteiger partial charge in [0.25, 0.3) is 11.5 Å². The summed E-state index contributed by atoms with van der Waals surface area (Å²) in [6.07, 6.45) is -0.586. The van der Waals surface area contributed by atoms with E-state index in [0.29, 0.717) is 24.6 Å². The minimum Gasteiger partial charge on any atom is -0.481 e. The second-order valence-corrected chi connectivity index (χ2v) is 7.55. The molecule has 13 nitrogen and oxygen atoms in total. The number of anilines is 4. The summed E-state index contributed by atoms with van der Waals surface area (Å²) in [6.45, 7) is 1.01. The molecule has 1 amide bonds. The van der Waals surface area contributed by atoms with Crippen molar-refractivity contribution in [1.82, 2.24) is 15.3 Å². The van der Waals surface area contributed by atoms with E-state index in [4.69, 9.17) is 10.8 Å². The van der Waals surface area contributed by atoms with Crippen molar-refractivity contribution >= 4 is 78.7 Å². The molecule has 14 heteroatoms. The summed E-state index contributed by atoms with van der Waals surface area (Å²) >= 11 is 0. The number of carbonyl (C=O) groups excluding carboxylic acids is 1. The predicted octanol–water partition coefficient (Wildman–Crippen LogP) is -0.638. The van der Waals surface area contributed by atoms with E-state index in [2.05, 4.69) is 25.9 Å². The van der Waals surface area contributed by atoms with E-state index in [-0.39, 0.29) is 73.7 Å². The van der Waals surface area contributed by atoms with Gasteiger partial charge in [-0.3, -0.25) is 19.4 Å². The van der Waals surface area contributed by atoms with Gasteiger partial charge in [0.05, 0.1) is 6.04 Å². The summed E-state index contributed by atoms with van der Waals surface area (Å²) in [5.41, 5.74) is 6.59. The number of aliphatic carboxylic acids is 2. The Hall–Kier alpha value is -3.03. The number of nitrogens with zero attached hydrogens (tertiary/aromatic N) is 2. The quantitative estimate of drug-likeness (QED) is 0.216. The largest absolute Gasteiger partial charge is 2.00 e. The van der Waals surface area contributed by atoms with Crippen LogP contribution in [0, 0.1) is 0 Å². The average molecular weight is 500 g/mol. The van der Waals surface area contributed by atoms with Crippen molar-refractivity contribution in [1.29, 1.82) is 0 Å². The maximum atomic E-state index is 12.3. The molecular weight excluding hydrogens is 474 g/mol. The number of carboxylic acids is 2. The molecule has 2 aromatic rings. The Morgan fingerprint density at radius 2 is 1.94 bits per heavy atom. The number of nitrogens with two attached hydrogens (primary N) is 1. The molecule has 0 bridgehead atoms. The Kier molecular flexibility index (Phi) is 9.53. The molecule has 0 aliphatic carbocycles. The summed E-state index contributed by atoms with van der Waals surface area (Å²) in [4.78, 5) is 54.9. The molecule has 0 saturated heterocycles. The van der Waals surface area contributed by atoms with Crippen molar-refractivity contribution in [3.63, 3.8) is 0 Å². The number of nitrogen functional groups attached to an aromatic ring is 1. The fourth-order valence-corrected chi connectivity index (χ4v) is 3.42. The van der Waals surface area contributed by atoms with Gasteiger partial charge in [0, 0.05) is 37.8 Å². The normalized spacial score (nSPS) is 15.2. The van der Waals surface area contributed by atoms with Gasteiger partial charge in [0.1, 0.15) is 11.7 Å². The first-order valence-electron chi connectivity index (χ1n) is 10.1. The molecular formula is C20H25CaN7O6+2. The summed E-state index contributed by atoms with van der Waals surface area (Å²) in [7, 11) is 1.79. The number of fused-ring (bicyclic) bond motifs is 1. The maximum absolute atomic E-state index is 12.3. The van der Waals surface area contributed by atoms with Gasteiger partial charge in [0.2, 0.25) is 5.95 Å². The zero-order valence-corrected chi connectivity index (χ0v) is 20.7. The van der Waals surface area contributed by atoms with Crippen molar-refractivity contribution in [2.45, 2.75) is 24.9 Å². The minimum absolute atomic E-state index is 0. The van der Waals surface area contributed by atoms with Gasteiger partial charge in [-0.25, -0.2) is 4.79 Å². The summed E-state index contributed by atoms with van der Waals surface area (Å²) in [5, 5.41) is 26.6. The third-order valence-electron chi connectivity index (χ3n) is 5.26. The number of likely N-dealkylation sites (N-methyl/N-ethyl adjacent to an activating group) is 1. The number of rotatable bonds is 9. The average Bonchev–Trinajstić information content (AvgIpc) is 2.75. The van der Waals surface area contributed by atoms with Crippen LogP contribution in [0.2, 0.25) is 0 Å². The first-order chi connectivity index (χ1) is 15.7. The van der Waals surface area contributed by atoms with Crippen LogP contribution in [0.5, 0.6) is 0 Å². The van der Waals surface area contributed by atoms with Crippen molar-refractivity contribution in [3.8, 4) is 0 Å². The van der Waals surface area contributed by atoms with Gasteiger partial charge in [-0.05, 0) is 30.7 Å². The second-order valence-electron chi connectivity index (χ2n) is 7.55. The first-order valence-corrected chi connectivity index (χ1v) is 10.1.